The highest BCUT2D eigenvalue weighted by molar-refractivity contribution is 5.78. The fourth-order valence-electron chi connectivity index (χ4n) is 1.25. The van der Waals surface area contributed by atoms with Crippen molar-refractivity contribution in [1.29, 1.82) is 0 Å². The highest BCUT2D eigenvalue weighted by atomic mass is 15.3. The molecular formula is C9H18N6. The van der Waals surface area contributed by atoms with Gasteiger partial charge in [-0.15, -0.1) is 10.2 Å². The third kappa shape index (κ3) is 3.23. The molecule has 1 atom stereocenters. The van der Waals surface area contributed by atoms with Gasteiger partial charge in [-0.2, -0.15) is 0 Å². The van der Waals surface area contributed by atoms with E-state index < -0.39 is 0 Å². The number of nitrogens with one attached hydrogen (secondary N) is 1. The van der Waals surface area contributed by atoms with Crippen molar-refractivity contribution in [2.75, 3.05) is 6.54 Å². The Balaban J connectivity index is 2.56. The fourth-order valence-corrected chi connectivity index (χ4v) is 1.25. The van der Waals surface area contributed by atoms with Gasteiger partial charge in [-0.25, -0.2) is 0 Å². The maximum Gasteiger partial charge on any atom is 0.189 e. The van der Waals surface area contributed by atoms with E-state index in [1.165, 1.54) is 0 Å². The Morgan fingerprint density at radius 3 is 3.00 bits per heavy atom. The molecule has 3 N–H and O–H groups in total. The van der Waals surface area contributed by atoms with E-state index in [-0.39, 0.29) is 6.04 Å². The third-order valence-electron chi connectivity index (χ3n) is 2.00. The van der Waals surface area contributed by atoms with Crippen LogP contribution >= 0.6 is 0 Å². The van der Waals surface area contributed by atoms with Crippen molar-refractivity contribution in [3.8, 4) is 0 Å². The van der Waals surface area contributed by atoms with E-state index in [0.717, 1.165) is 18.8 Å². The quantitative estimate of drug-likeness (QED) is 0.549. The van der Waals surface area contributed by atoms with Gasteiger partial charge in [-0.1, -0.05) is 6.92 Å². The first kappa shape index (κ1) is 11.5. The van der Waals surface area contributed by atoms with Gasteiger partial charge in [0.05, 0.1) is 6.04 Å². The molecule has 6 nitrogen and oxygen atoms in total. The fraction of sp³-hybridized carbons (Fsp3) is 0.667. The molecule has 1 unspecified atom stereocenters. The van der Waals surface area contributed by atoms with E-state index >= 15 is 0 Å². The summed E-state index contributed by atoms with van der Waals surface area (Å²) in [6.07, 6.45) is 2.65. The minimum absolute atomic E-state index is 0.0121. The highest BCUT2D eigenvalue weighted by Crippen LogP contribution is 2.05. The normalized spacial score (nSPS) is 13.9. The van der Waals surface area contributed by atoms with Gasteiger partial charge >= 0.3 is 0 Å². The molecule has 0 fully saturated rings. The first-order valence-corrected chi connectivity index (χ1v) is 5.05. The predicted octanol–water partition coefficient (Wildman–Crippen LogP) is 0.190. The number of aliphatic imine (C=N–C) groups is 1. The van der Waals surface area contributed by atoms with Crippen molar-refractivity contribution in [3.63, 3.8) is 0 Å². The number of rotatable bonds is 4. The van der Waals surface area contributed by atoms with Gasteiger partial charge in [-0.05, 0) is 13.3 Å². The molecule has 0 radical (unpaired) electrons. The molecule has 6 heteroatoms. The summed E-state index contributed by atoms with van der Waals surface area (Å²) in [7, 11) is 1.90. The lowest BCUT2D eigenvalue weighted by Gasteiger charge is -2.13. The lowest BCUT2D eigenvalue weighted by Crippen LogP contribution is -2.35. The molecule has 0 saturated carbocycles. The van der Waals surface area contributed by atoms with E-state index in [2.05, 4.69) is 27.4 Å². The van der Waals surface area contributed by atoms with Crippen molar-refractivity contribution in [3.05, 3.63) is 12.2 Å². The van der Waals surface area contributed by atoms with Gasteiger partial charge in [0.15, 0.2) is 11.8 Å². The second-order valence-corrected chi connectivity index (χ2v) is 3.43. The Morgan fingerprint density at radius 1 is 1.73 bits per heavy atom. The lowest BCUT2D eigenvalue weighted by atomic mass is 10.3. The van der Waals surface area contributed by atoms with E-state index in [1.54, 1.807) is 6.33 Å². The van der Waals surface area contributed by atoms with Gasteiger partial charge < -0.3 is 15.6 Å². The molecule has 1 aromatic heterocycles. The van der Waals surface area contributed by atoms with E-state index in [4.69, 9.17) is 5.73 Å². The number of aryl methyl sites for hydroxylation is 1. The standard InChI is InChI=1S/C9H18N6/c1-4-5-11-9(10)13-7(2)8-14-12-6-15(8)3/h6-7H,4-5H2,1-3H3,(H3,10,11,13). The van der Waals surface area contributed by atoms with Crippen LogP contribution in [0.1, 0.15) is 32.1 Å². The molecule has 15 heavy (non-hydrogen) atoms. The second kappa shape index (κ2) is 5.33. The van der Waals surface area contributed by atoms with Crippen LogP contribution < -0.4 is 11.1 Å². The Labute approximate surface area is 89.6 Å². The summed E-state index contributed by atoms with van der Waals surface area (Å²) in [4.78, 5) is 4.15. The zero-order chi connectivity index (χ0) is 11.3. The average molecular weight is 210 g/mol. The van der Waals surface area contributed by atoms with Gasteiger partial charge in [-0.3, -0.25) is 4.99 Å². The van der Waals surface area contributed by atoms with E-state index in [0.29, 0.717) is 5.96 Å². The molecule has 1 rings (SSSR count). The van der Waals surface area contributed by atoms with Crippen LogP contribution in [0.15, 0.2) is 11.3 Å². The lowest BCUT2D eigenvalue weighted by molar-refractivity contribution is 0.621. The number of hydrogen-bond acceptors (Lipinski definition) is 3. The van der Waals surface area contributed by atoms with Crippen molar-refractivity contribution < 1.29 is 0 Å². The van der Waals surface area contributed by atoms with E-state index in [9.17, 15) is 0 Å². The Hall–Kier alpha value is -1.59. The van der Waals surface area contributed by atoms with Crippen LogP contribution in [0.2, 0.25) is 0 Å². The van der Waals surface area contributed by atoms with Crippen molar-refractivity contribution in [2.24, 2.45) is 17.8 Å². The third-order valence-corrected chi connectivity index (χ3v) is 2.00. The molecular weight excluding hydrogens is 192 g/mol. The second-order valence-electron chi connectivity index (χ2n) is 3.43. The zero-order valence-corrected chi connectivity index (χ0v) is 9.44. The van der Waals surface area contributed by atoms with Crippen LogP contribution in [0.4, 0.5) is 0 Å². The maximum atomic E-state index is 5.70. The number of nitrogens with two attached hydrogens (primary N) is 1. The highest BCUT2D eigenvalue weighted by Gasteiger charge is 2.10. The van der Waals surface area contributed by atoms with Crippen LogP contribution in [0.3, 0.4) is 0 Å². The van der Waals surface area contributed by atoms with Crippen LogP contribution in [0.25, 0.3) is 0 Å². The number of aromatic nitrogens is 3. The number of nitrogens with zero attached hydrogens (tertiary/aromatic N) is 4. The Morgan fingerprint density at radius 2 is 2.47 bits per heavy atom. The van der Waals surface area contributed by atoms with Crippen molar-refractivity contribution in [2.45, 2.75) is 26.3 Å². The largest absolute Gasteiger partial charge is 0.370 e. The van der Waals surface area contributed by atoms with Crippen molar-refractivity contribution >= 4 is 5.96 Å². The summed E-state index contributed by atoms with van der Waals surface area (Å²) in [5, 5.41) is 10.9. The molecule has 0 amide bonds. The minimum Gasteiger partial charge on any atom is -0.370 e. The molecule has 84 valence electrons. The molecule has 0 spiro atoms. The summed E-state index contributed by atoms with van der Waals surface area (Å²) in [5.74, 6) is 1.29. The van der Waals surface area contributed by atoms with Gasteiger partial charge in [0.1, 0.15) is 6.33 Å². The van der Waals surface area contributed by atoms with Crippen molar-refractivity contribution in [1.82, 2.24) is 20.1 Å². The molecule has 0 aliphatic heterocycles. The molecule has 0 saturated heterocycles. The van der Waals surface area contributed by atoms with E-state index in [1.807, 2.05) is 18.5 Å². The Bertz CT molecular complexity index is 329. The van der Waals surface area contributed by atoms with Gasteiger partial charge in [0.2, 0.25) is 0 Å². The Kier molecular flexibility index (Phi) is 4.08. The topological polar surface area (TPSA) is 81.1 Å². The molecule has 0 aromatic carbocycles. The molecule has 1 aromatic rings. The maximum absolute atomic E-state index is 5.70. The summed E-state index contributed by atoms with van der Waals surface area (Å²) in [6.45, 7) is 4.77. The molecule has 1 heterocycles. The minimum atomic E-state index is 0.0121. The molecule has 0 aliphatic rings. The van der Waals surface area contributed by atoms with Crippen LogP contribution in [-0.4, -0.2) is 27.3 Å². The zero-order valence-electron chi connectivity index (χ0n) is 9.44. The van der Waals surface area contributed by atoms with Crippen LogP contribution in [0, 0.1) is 0 Å². The first-order valence-electron chi connectivity index (χ1n) is 5.05. The summed E-state index contributed by atoms with van der Waals surface area (Å²) in [5.41, 5.74) is 5.70. The average Bonchev–Trinajstić information content (AvgIpc) is 2.61. The van der Waals surface area contributed by atoms with Crippen LogP contribution in [0.5, 0.6) is 0 Å². The summed E-state index contributed by atoms with van der Waals surface area (Å²) in [6, 6.07) is 0.0121. The first-order chi connectivity index (χ1) is 7.15. The van der Waals surface area contributed by atoms with Gasteiger partial charge in [0, 0.05) is 13.6 Å². The predicted molar refractivity (Wildman–Crippen MR) is 59.3 cm³/mol. The summed E-state index contributed by atoms with van der Waals surface area (Å²) >= 11 is 0. The smallest absolute Gasteiger partial charge is 0.189 e. The number of hydrogen-bond donors (Lipinski definition) is 2. The monoisotopic (exact) mass is 210 g/mol. The molecule has 0 bridgehead atoms. The SMILES string of the molecule is CCCN=C(N)NC(C)c1nncn1C. The van der Waals surface area contributed by atoms with Gasteiger partial charge in [0.25, 0.3) is 0 Å². The van der Waals surface area contributed by atoms with Crippen LogP contribution in [-0.2, 0) is 7.05 Å². The molecule has 0 aliphatic carbocycles. The summed E-state index contributed by atoms with van der Waals surface area (Å²) < 4.78 is 1.85. The number of guanidine groups is 1.